The molecule has 0 saturated heterocycles. The van der Waals surface area contributed by atoms with Crippen molar-refractivity contribution in [3.63, 3.8) is 0 Å². The van der Waals surface area contributed by atoms with Crippen LogP contribution in [0.1, 0.15) is 44.4 Å². The van der Waals surface area contributed by atoms with Gasteiger partial charge >= 0.3 is 0 Å². The lowest BCUT2D eigenvalue weighted by Gasteiger charge is -2.16. The van der Waals surface area contributed by atoms with Crippen molar-refractivity contribution in [2.24, 2.45) is 0 Å². The number of hydrogen-bond acceptors (Lipinski definition) is 4. The molecular weight excluding hydrogens is 378 g/mol. The number of anilines is 1. The summed E-state index contributed by atoms with van der Waals surface area (Å²) < 4.78 is 0. The van der Waals surface area contributed by atoms with Gasteiger partial charge in [0.05, 0.1) is 10.8 Å². The summed E-state index contributed by atoms with van der Waals surface area (Å²) in [5, 5.41) is 14.9. The lowest BCUT2D eigenvalue weighted by molar-refractivity contribution is -0.115. The normalized spacial score (nSPS) is 11.8. The first-order valence-corrected chi connectivity index (χ1v) is 10.9. The monoisotopic (exact) mass is 403 g/mol. The first-order valence-electron chi connectivity index (χ1n) is 10.0. The van der Waals surface area contributed by atoms with Gasteiger partial charge in [-0.1, -0.05) is 68.4 Å². The third-order valence-corrected chi connectivity index (χ3v) is 6.16. The highest BCUT2D eigenvalue weighted by molar-refractivity contribution is 8.00. The number of aromatic nitrogens is 1. The fraction of sp³-hybridized carbons (Fsp3) is 0.292. The molecule has 0 radical (unpaired) electrons. The predicted molar refractivity (Wildman–Crippen MR) is 120 cm³/mol. The maximum atomic E-state index is 13.0. The van der Waals surface area contributed by atoms with Crippen molar-refractivity contribution in [3.05, 3.63) is 65.9 Å². The molecule has 0 aliphatic heterocycles. The van der Waals surface area contributed by atoms with E-state index in [1.807, 2.05) is 61.5 Å². The first-order chi connectivity index (χ1) is 14.2. The average Bonchev–Trinajstić information content (AvgIpc) is 2.76. The molecule has 1 aromatic heterocycles. The van der Waals surface area contributed by atoms with Gasteiger partial charge in [0.15, 0.2) is 0 Å². The van der Waals surface area contributed by atoms with Gasteiger partial charge in [-0.25, -0.2) is 4.98 Å². The molecule has 5 heteroatoms. The number of hydrogen-bond donors (Lipinski definition) is 1. The van der Waals surface area contributed by atoms with Crippen molar-refractivity contribution in [1.82, 2.24) is 4.98 Å². The molecule has 148 valence electrons. The Kier molecular flexibility index (Phi) is 7.26. The van der Waals surface area contributed by atoms with Gasteiger partial charge in [0.25, 0.3) is 0 Å². The minimum absolute atomic E-state index is 0.0708. The Morgan fingerprint density at radius 3 is 2.69 bits per heavy atom. The Hall–Kier alpha value is -2.84. The van der Waals surface area contributed by atoms with Gasteiger partial charge in [0.2, 0.25) is 5.91 Å². The number of pyridine rings is 1. The van der Waals surface area contributed by atoms with Gasteiger partial charge in [-0.3, -0.25) is 4.79 Å². The summed E-state index contributed by atoms with van der Waals surface area (Å²) in [5.74, 6) is -0.0708. The second-order valence-electron chi connectivity index (χ2n) is 6.90. The topological polar surface area (TPSA) is 65.8 Å². The van der Waals surface area contributed by atoms with Gasteiger partial charge in [-0.05, 0) is 42.8 Å². The van der Waals surface area contributed by atoms with Crippen molar-refractivity contribution in [2.45, 2.75) is 49.8 Å². The lowest BCUT2D eigenvalue weighted by Crippen LogP contribution is -2.25. The number of thioether (sulfide) groups is 1. The number of nitriles is 1. The molecule has 0 bridgehead atoms. The summed E-state index contributed by atoms with van der Waals surface area (Å²) in [6.07, 6.45) is 3.68. The predicted octanol–water partition coefficient (Wildman–Crippen LogP) is 5.96. The van der Waals surface area contributed by atoms with Crippen molar-refractivity contribution in [3.8, 4) is 6.07 Å². The highest BCUT2D eigenvalue weighted by Crippen LogP contribution is 2.30. The van der Waals surface area contributed by atoms with E-state index in [-0.39, 0.29) is 11.2 Å². The fourth-order valence-electron chi connectivity index (χ4n) is 3.16. The van der Waals surface area contributed by atoms with Crippen LogP contribution in [0.15, 0.2) is 59.6 Å². The maximum absolute atomic E-state index is 13.0. The first kappa shape index (κ1) is 20.9. The summed E-state index contributed by atoms with van der Waals surface area (Å²) >= 11 is 1.37. The molecule has 0 saturated carbocycles. The van der Waals surface area contributed by atoms with Crippen LogP contribution in [0.2, 0.25) is 0 Å². The fourth-order valence-corrected chi connectivity index (χ4v) is 4.17. The zero-order chi connectivity index (χ0) is 20.6. The molecule has 1 amide bonds. The Morgan fingerprint density at radius 2 is 1.93 bits per heavy atom. The number of benzene rings is 2. The lowest BCUT2D eigenvalue weighted by atomic mass is 10.1. The van der Waals surface area contributed by atoms with E-state index in [9.17, 15) is 10.1 Å². The van der Waals surface area contributed by atoms with Crippen molar-refractivity contribution in [1.29, 1.82) is 5.26 Å². The van der Waals surface area contributed by atoms with Crippen molar-refractivity contribution < 1.29 is 4.79 Å². The largest absolute Gasteiger partial charge is 0.325 e. The molecule has 3 aromatic rings. The Balaban J connectivity index is 1.80. The van der Waals surface area contributed by atoms with E-state index in [1.54, 1.807) is 0 Å². The molecular formula is C24H25N3OS. The Morgan fingerprint density at radius 1 is 1.14 bits per heavy atom. The summed E-state index contributed by atoms with van der Waals surface area (Å²) in [6, 6.07) is 19.8. The standard InChI is InChI=1S/C24H25N3OS/c1-3-5-11-19-15-14-18(16-25)24(26-19)29-22(4-2)23(28)27-21-13-8-10-17-9-6-7-12-20(17)21/h6-10,12-15,22H,3-5,11H2,1-2H3,(H,27,28). The van der Waals surface area contributed by atoms with Crippen molar-refractivity contribution >= 4 is 34.1 Å². The third kappa shape index (κ3) is 5.16. The van der Waals surface area contributed by atoms with Gasteiger partial charge in [0.1, 0.15) is 11.1 Å². The summed E-state index contributed by atoms with van der Waals surface area (Å²) in [5.41, 5.74) is 2.29. The van der Waals surface area contributed by atoms with Crippen molar-refractivity contribution in [2.75, 3.05) is 5.32 Å². The number of amides is 1. The molecule has 29 heavy (non-hydrogen) atoms. The maximum Gasteiger partial charge on any atom is 0.237 e. The molecule has 1 unspecified atom stereocenters. The third-order valence-electron chi connectivity index (χ3n) is 4.79. The zero-order valence-electron chi connectivity index (χ0n) is 16.8. The number of nitrogens with zero attached hydrogens (tertiary/aromatic N) is 2. The van der Waals surface area contributed by atoms with E-state index in [0.717, 1.165) is 41.4 Å². The van der Waals surface area contributed by atoms with E-state index in [4.69, 9.17) is 0 Å². The molecule has 0 fully saturated rings. The van der Waals surface area contributed by atoms with Gasteiger partial charge in [0, 0.05) is 16.8 Å². The molecule has 0 spiro atoms. The number of carbonyl (C=O) groups is 1. The Bertz CT molecular complexity index is 1040. The van der Waals surface area contributed by atoms with Crippen LogP contribution in [0.5, 0.6) is 0 Å². The molecule has 1 N–H and O–H groups in total. The number of carbonyl (C=O) groups excluding carboxylic acids is 1. The van der Waals surface area contributed by atoms with Crippen LogP contribution in [0.4, 0.5) is 5.69 Å². The molecule has 4 nitrogen and oxygen atoms in total. The second kappa shape index (κ2) is 10.1. The van der Waals surface area contributed by atoms with E-state index < -0.39 is 0 Å². The summed E-state index contributed by atoms with van der Waals surface area (Å²) in [6.45, 7) is 4.12. The highest BCUT2D eigenvalue weighted by atomic mass is 32.2. The number of nitrogens with one attached hydrogen (secondary N) is 1. The summed E-state index contributed by atoms with van der Waals surface area (Å²) in [7, 11) is 0. The van der Waals surface area contributed by atoms with Crippen LogP contribution < -0.4 is 5.32 Å². The van der Waals surface area contributed by atoms with Gasteiger partial charge in [-0.15, -0.1) is 0 Å². The van der Waals surface area contributed by atoms with Gasteiger partial charge in [-0.2, -0.15) is 5.26 Å². The number of rotatable bonds is 8. The minimum Gasteiger partial charge on any atom is -0.325 e. The van der Waals surface area contributed by atoms with Crippen LogP contribution in [-0.2, 0) is 11.2 Å². The molecule has 1 heterocycles. The summed E-state index contributed by atoms with van der Waals surface area (Å²) in [4.78, 5) is 17.7. The SMILES string of the molecule is CCCCc1ccc(C#N)c(SC(CC)C(=O)Nc2cccc3ccccc23)n1. The molecule has 1 atom stereocenters. The van der Waals surface area contributed by atoms with Crippen LogP contribution in [0.25, 0.3) is 10.8 Å². The van der Waals surface area contributed by atoms with Crippen LogP contribution in [-0.4, -0.2) is 16.1 Å². The second-order valence-corrected chi connectivity index (χ2v) is 8.09. The van der Waals surface area contributed by atoms with Crippen LogP contribution in [0, 0.1) is 11.3 Å². The quantitative estimate of drug-likeness (QED) is 0.471. The van der Waals surface area contributed by atoms with E-state index >= 15 is 0 Å². The van der Waals surface area contributed by atoms with Crippen LogP contribution in [0.3, 0.4) is 0 Å². The molecule has 2 aromatic carbocycles. The molecule has 3 rings (SSSR count). The van der Waals surface area contributed by atoms with E-state index in [1.165, 1.54) is 11.8 Å². The average molecular weight is 404 g/mol. The number of aryl methyl sites for hydroxylation is 1. The molecule has 0 aliphatic carbocycles. The van der Waals surface area contributed by atoms with Gasteiger partial charge < -0.3 is 5.32 Å². The number of unbranched alkanes of at least 4 members (excludes halogenated alkanes) is 1. The minimum atomic E-state index is -0.324. The number of fused-ring (bicyclic) bond motifs is 1. The smallest absolute Gasteiger partial charge is 0.237 e. The Labute approximate surface area is 176 Å². The van der Waals surface area contributed by atoms with E-state index in [2.05, 4.69) is 23.3 Å². The molecule has 0 aliphatic rings. The van der Waals surface area contributed by atoms with Crippen LogP contribution >= 0.6 is 11.8 Å². The zero-order valence-corrected chi connectivity index (χ0v) is 17.6. The highest BCUT2D eigenvalue weighted by Gasteiger charge is 2.21. The van der Waals surface area contributed by atoms with E-state index in [0.29, 0.717) is 17.0 Å².